The summed E-state index contributed by atoms with van der Waals surface area (Å²) < 4.78 is 0. The van der Waals surface area contributed by atoms with Crippen molar-refractivity contribution < 1.29 is 0 Å². The standard InChI is InChI=1S/C10H16N2/c1-8-4-9(7-12-6-8)5-10(2,3)11/h4,6-7H,5,11H2,1-3H3. The van der Waals surface area contributed by atoms with Crippen LogP contribution in [0.3, 0.4) is 0 Å². The van der Waals surface area contributed by atoms with E-state index in [0.29, 0.717) is 0 Å². The van der Waals surface area contributed by atoms with Gasteiger partial charge in [-0.25, -0.2) is 0 Å². The van der Waals surface area contributed by atoms with E-state index in [2.05, 4.69) is 11.1 Å². The summed E-state index contributed by atoms with van der Waals surface area (Å²) in [5.41, 5.74) is 8.15. The molecule has 0 amide bonds. The molecule has 2 heteroatoms. The van der Waals surface area contributed by atoms with Crippen LogP contribution in [-0.4, -0.2) is 10.5 Å². The van der Waals surface area contributed by atoms with Gasteiger partial charge in [0.05, 0.1) is 0 Å². The van der Waals surface area contributed by atoms with Crippen molar-refractivity contribution in [1.82, 2.24) is 4.98 Å². The van der Waals surface area contributed by atoms with Crippen molar-refractivity contribution in [3.05, 3.63) is 29.6 Å². The molecule has 0 unspecified atom stereocenters. The van der Waals surface area contributed by atoms with Crippen LogP contribution in [0.2, 0.25) is 0 Å². The van der Waals surface area contributed by atoms with E-state index in [1.54, 1.807) is 0 Å². The van der Waals surface area contributed by atoms with E-state index in [9.17, 15) is 0 Å². The number of aryl methyl sites for hydroxylation is 1. The summed E-state index contributed by atoms with van der Waals surface area (Å²) in [6, 6.07) is 2.13. The predicted octanol–water partition coefficient (Wildman–Crippen LogP) is 1.67. The smallest absolute Gasteiger partial charge is 0.0300 e. The van der Waals surface area contributed by atoms with Crippen LogP contribution in [0.4, 0.5) is 0 Å². The van der Waals surface area contributed by atoms with Gasteiger partial charge in [-0.1, -0.05) is 6.07 Å². The molecule has 12 heavy (non-hydrogen) atoms. The number of hydrogen-bond donors (Lipinski definition) is 1. The molecule has 0 aliphatic rings. The lowest BCUT2D eigenvalue weighted by molar-refractivity contribution is 0.516. The Balaban J connectivity index is 2.77. The van der Waals surface area contributed by atoms with Crippen LogP contribution in [0.15, 0.2) is 18.5 Å². The molecule has 1 aromatic heterocycles. The first-order chi connectivity index (χ1) is 5.47. The molecule has 0 aliphatic heterocycles. The van der Waals surface area contributed by atoms with Gasteiger partial charge in [-0.05, 0) is 38.3 Å². The molecule has 0 saturated carbocycles. The zero-order valence-electron chi connectivity index (χ0n) is 7.96. The molecular formula is C10H16N2. The van der Waals surface area contributed by atoms with E-state index in [1.165, 1.54) is 11.1 Å². The second-order valence-corrected chi connectivity index (χ2v) is 4.04. The summed E-state index contributed by atoms with van der Waals surface area (Å²) in [5, 5.41) is 0. The Morgan fingerprint density at radius 1 is 1.42 bits per heavy atom. The molecule has 1 rings (SSSR count). The topological polar surface area (TPSA) is 38.9 Å². The lowest BCUT2D eigenvalue weighted by Crippen LogP contribution is -2.34. The second-order valence-electron chi connectivity index (χ2n) is 4.04. The van der Waals surface area contributed by atoms with Crippen molar-refractivity contribution in [2.24, 2.45) is 5.73 Å². The molecule has 2 N–H and O–H groups in total. The number of nitrogens with zero attached hydrogens (tertiary/aromatic N) is 1. The van der Waals surface area contributed by atoms with Crippen molar-refractivity contribution in [2.45, 2.75) is 32.7 Å². The number of aromatic nitrogens is 1. The maximum Gasteiger partial charge on any atom is 0.0300 e. The quantitative estimate of drug-likeness (QED) is 0.722. The normalized spacial score (nSPS) is 11.7. The first-order valence-electron chi connectivity index (χ1n) is 4.17. The van der Waals surface area contributed by atoms with E-state index < -0.39 is 0 Å². The van der Waals surface area contributed by atoms with Crippen LogP contribution in [0.5, 0.6) is 0 Å². The zero-order chi connectivity index (χ0) is 9.19. The van der Waals surface area contributed by atoms with Crippen LogP contribution >= 0.6 is 0 Å². The summed E-state index contributed by atoms with van der Waals surface area (Å²) in [5.74, 6) is 0. The van der Waals surface area contributed by atoms with Gasteiger partial charge < -0.3 is 5.73 Å². The fourth-order valence-corrected chi connectivity index (χ4v) is 1.24. The Labute approximate surface area is 73.8 Å². The first-order valence-corrected chi connectivity index (χ1v) is 4.17. The van der Waals surface area contributed by atoms with Crippen LogP contribution in [0, 0.1) is 6.92 Å². The van der Waals surface area contributed by atoms with Crippen LogP contribution in [0.25, 0.3) is 0 Å². The number of nitrogens with two attached hydrogens (primary N) is 1. The number of pyridine rings is 1. The molecule has 0 aromatic carbocycles. The molecule has 0 atom stereocenters. The second kappa shape index (κ2) is 3.23. The highest BCUT2D eigenvalue weighted by molar-refractivity contribution is 5.18. The van der Waals surface area contributed by atoms with Gasteiger partial charge in [-0.2, -0.15) is 0 Å². The third-order valence-corrected chi connectivity index (χ3v) is 1.59. The fraction of sp³-hybridized carbons (Fsp3) is 0.500. The molecule has 0 radical (unpaired) electrons. The van der Waals surface area contributed by atoms with Gasteiger partial charge in [0, 0.05) is 17.9 Å². The van der Waals surface area contributed by atoms with E-state index in [4.69, 9.17) is 5.73 Å². The maximum atomic E-state index is 5.89. The molecule has 1 heterocycles. The highest BCUT2D eigenvalue weighted by Gasteiger charge is 2.11. The average molecular weight is 164 g/mol. The van der Waals surface area contributed by atoms with E-state index >= 15 is 0 Å². The minimum Gasteiger partial charge on any atom is -0.325 e. The van der Waals surface area contributed by atoms with Gasteiger partial charge >= 0.3 is 0 Å². The highest BCUT2D eigenvalue weighted by Crippen LogP contribution is 2.09. The van der Waals surface area contributed by atoms with Crippen molar-refractivity contribution in [2.75, 3.05) is 0 Å². The first kappa shape index (κ1) is 9.20. The lowest BCUT2D eigenvalue weighted by Gasteiger charge is -2.17. The Morgan fingerprint density at radius 2 is 2.08 bits per heavy atom. The van der Waals surface area contributed by atoms with Crippen molar-refractivity contribution in [3.63, 3.8) is 0 Å². The Hall–Kier alpha value is -0.890. The molecule has 66 valence electrons. The van der Waals surface area contributed by atoms with Gasteiger partial charge in [0.15, 0.2) is 0 Å². The molecule has 0 aliphatic carbocycles. The predicted molar refractivity (Wildman–Crippen MR) is 50.9 cm³/mol. The zero-order valence-corrected chi connectivity index (χ0v) is 7.96. The van der Waals surface area contributed by atoms with Crippen LogP contribution in [-0.2, 0) is 6.42 Å². The monoisotopic (exact) mass is 164 g/mol. The molecule has 0 saturated heterocycles. The molecule has 0 bridgehead atoms. The summed E-state index contributed by atoms with van der Waals surface area (Å²) in [6.07, 6.45) is 4.61. The fourth-order valence-electron chi connectivity index (χ4n) is 1.24. The van der Waals surface area contributed by atoms with Crippen LogP contribution < -0.4 is 5.73 Å². The largest absolute Gasteiger partial charge is 0.325 e. The minimum absolute atomic E-state index is 0.143. The summed E-state index contributed by atoms with van der Waals surface area (Å²) in [4.78, 5) is 4.11. The van der Waals surface area contributed by atoms with Gasteiger partial charge in [-0.15, -0.1) is 0 Å². The summed E-state index contributed by atoms with van der Waals surface area (Å²) in [6.45, 7) is 6.09. The summed E-state index contributed by atoms with van der Waals surface area (Å²) in [7, 11) is 0. The SMILES string of the molecule is Cc1cncc(CC(C)(C)N)c1. The Kier molecular flexibility index (Phi) is 2.48. The molecule has 1 aromatic rings. The lowest BCUT2D eigenvalue weighted by atomic mass is 9.97. The van der Waals surface area contributed by atoms with Gasteiger partial charge in [0.25, 0.3) is 0 Å². The third-order valence-electron chi connectivity index (χ3n) is 1.59. The van der Waals surface area contributed by atoms with Gasteiger partial charge in [0.1, 0.15) is 0 Å². The number of hydrogen-bond acceptors (Lipinski definition) is 2. The maximum absolute atomic E-state index is 5.89. The average Bonchev–Trinajstić information content (AvgIpc) is 1.82. The van der Waals surface area contributed by atoms with E-state index in [1.807, 2.05) is 33.2 Å². The molecule has 0 fully saturated rings. The van der Waals surface area contributed by atoms with Crippen LogP contribution in [0.1, 0.15) is 25.0 Å². The molecule has 0 spiro atoms. The van der Waals surface area contributed by atoms with E-state index in [0.717, 1.165) is 6.42 Å². The van der Waals surface area contributed by atoms with Gasteiger partial charge in [0.2, 0.25) is 0 Å². The third kappa shape index (κ3) is 3.01. The minimum atomic E-state index is -0.143. The highest BCUT2D eigenvalue weighted by atomic mass is 14.7. The molecular weight excluding hydrogens is 148 g/mol. The Bertz CT molecular complexity index is 261. The van der Waals surface area contributed by atoms with Crippen molar-refractivity contribution >= 4 is 0 Å². The summed E-state index contributed by atoms with van der Waals surface area (Å²) >= 11 is 0. The van der Waals surface area contributed by atoms with Gasteiger partial charge in [-0.3, -0.25) is 4.98 Å². The van der Waals surface area contributed by atoms with Crippen molar-refractivity contribution in [1.29, 1.82) is 0 Å². The van der Waals surface area contributed by atoms with E-state index in [-0.39, 0.29) is 5.54 Å². The van der Waals surface area contributed by atoms with Crippen molar-refractivity contribution in [3.8, 4) is 0 Å². The molecule has 2 nitrogen and oxygen atoms in total. The Morgan fingerprint density at radius 3 is 2.58 bits per heavy atom. The number of rotatable bonds is 2.